The van der Waals surface area contributed by atoms with Gasteiger partial charge < -0.3 is 6.15 Å². The molecule has 0 bridgehead atoms. The van der Waals surface area contributed by atoms with Crippen molar-refractivity contribution in [1.82, 2.24) is 6.15 Å². The molecule has 1 nitrogen and oxygen atoms in total. The van der Waals surface area contributed by atoms with Gasteiger partial charge in [0.25, 0.3) is 0 Å². The summed E-state index contributed by atoms with van der Waals surface area (Å²) in [5.74, 6) is 0. The van der Waals surface area contributed by atoms with E-state index in [1.54, 1.807) is 6.92 Å². The van der Waals surface area contributed by atoms with Crippen LogP contribution in [0.25, 0.3) is 0 Å². The molecule has 0 aliphatic carbocycles. The maximum absolute atomic E-state index is 4.40. The molecular weight excluding hydrogens is 102 g/mol. The first-order valence-electron chi connectivity index (χ1n) is 0.928. The Bertz CT molecular complexity index is 30.6. The highest BCUT2D eigenvalue weighted by molar-refractivity contribution is 8.11. The first-order chi connectivity index (χ1) is 1.73. The molecule has 3 heteroatoms. The van der Waals surface area contributed by atoms with E-state index in [-0.39, 0.29) is 6.15 Å². The van der Waals surface area contributed by atoms with Crippen molar-refractivity contribution in [2.45, 2.75) is 6.92 Å². The molecule has 0 aromatic heterocycles. The van der Waals surface area contributed by atoms with E-state index in [9.17, 15) is 0 Å². The Hall–Kier alpha value is 0.400. The van der Waals surface area contributed by atoms with E-state index in [1.165, 1.54) is 0 Å². The van der Waals surface area contributed by atoms with Gasteiger partial charge in [-0.05, 0) is 6.92 Å². The summed E-state index contributed by atoms with van der Waals surface area (Å²) in [6, 6.07) is 0. The van der Waals surface area contributed by atoms with Crippen LogP contribution >= 0.6 is 24.8 Å². The lowest BCUT2D eigenvalue weighted by atomic mass is 11.0. The Morgan fingerprint density at radius 3 is 1.80 bits per heavy atom. The third-order valence-corrected chi connectivity index (χ3v) is 0. The largest absolute Gasteiger partial charge is 0.344 e. The molecule has 0 fully saturated rings. The van der Waals surface area contributed by atoms with Crippen LogP contribution in [0.15, 0.2) is 0 Å². The van der Waals surface area contributed by atoms with Crippen LogP contribution in [0.2, 0.25) is 0 Å². The minimum absolute atomic E-state index is 0. The van der Waals surface area contributed by atoms with E-state index in [0.717, 1.165) is 0 Å². The van der Waals surface area contributed by atoms with Gasteiger partial charge in [-0.15, -0.1) is 12.6 Å². The number of thiol groups is 1. The highest BCUT2D eigenvalue weighted by Gasteiger charge is 1.56. The van der Waals surface area contributed by atoms with Crippen LogP contribution < -0.4 is 6.15 Å². The zero-order valence-corrected chi connectivity index (χ0v) is 4.77. The third-order valence-electron chi connectivity index (χ3n) is 0. The molecule has 0 heterocycles. The van der Waals surface area contributed by atoms with E-state index in [0.29, 0.717) is 4.20 Å². The molecule has 0 aliphatic rings. The van der Waals surface area contributed by atoms with Crippen LogP contribution in [-0.2, 0) is 0 Å². The summed E-state index contributed by atoms with van der Waals surface area (Å²) >= 11 is 8.10. The predicted octanol–water partition coefficient (Wildman–Crippen LogP) is 1.43. The Morgan fingerprint density at radius 1 is 1.80 bits per heavy atom. The summed E-state index contributed by atoms with van der Waals surface area (Å²) in [4.78, 5) is 0. The average molecular weight is 109 g/mol. The van der Waals surface area contributed by atoms with E-state index >= 15 is 0 Å². The van der Waals surface area contributed by atoms with Crippen molar-refractivity contribution in [3.05, 3.63) is 0 Å². The predicted molar refractivity (Wildman–Crippen MR) is 32.3 cm³/mol. The van der Waals surface area contributed by atoms with E-state index in [4.69, 9.17) is 0 Å². The normalized spacial score (nSPS) is 5.20. The van der Waals surface area contributed by atoms with Gasteiger partial charge in [0, 0.05) is 4.20 Å². The van der Waals surface area contributed by atoms with Crippen LogP contribution in [-0.4, -0.2) is 4.20 Å². The van der Waals surface area contributed by atoms with Crippen molar-refractivity contribution in [3.63, 3.8) is 0 Å². The minimum atomic E-state index is 0. The fraction of sp³-hybridized carbons (Fsp3) is 0.500. The third kappa shape index (κ3) is 158. The highest BCUT2D eigenvalue weighted by Crippen LogP contribution is 1.73. The Balaban J connectivity index is 0. The second-order valence-electron chi connectivity index (χ2n) is 0.519. The molecule has 0 radical (unpaired) electrons. The average Bonchev–Trinajstić information content (AvgIpc) is 0.811. The number of thiocarbonyl (C=S) groups is 1. The van der Waals surface area contributed by atoms with Crippen molar-refractivity contribution in [1.29, 1.82) is 0 Å². The lowest BCUT2D eigenvalue weighted by Crippen LogP contribution is -1.55. The molecule has 3 N–H and O–H groups in total. The van der Waals surface area contributed by atoms with E-state index in [2.05, 4.69) is 24.8 Å². The maximum Gasteiger partial charge on any atom is 0.0416 e. The zero-order chi connectivity index (χ0) is 3.58. The standard InChI is InChI=1S/C2H4S2.H3N/c1-2(3)4;/h1H3,(H,3,4);1H3. The van der Waals surface area contributed by atoms with Crippen LogP contribution in [0.5, 0.6) is 0 Å². The van der Waals surface area contributed by atoms with Crippen molar-refractivity contribution in [2.24, 2.45) is 0 Å². The summed E-state index contributed by atoms with van der Waals surface area (Å²) in [5.41, 5.74) is 0. The molecule has 0 spiro atoms. The topological polar surface area (TPSA) is 35.0 Å². The Morgan fingerprint density at radius 2 is 1.80 bits per heavy atom. The smallest absolute Gasteiger partial charge is 0.0416 e. The van der Waals surface area contributed by atoms with Crippen molar-refractivity contribution >= 4 is 29.0 Å². The number of hydrogen-bond donors (Lipinski definition) is 2. The number of rotatable bonds is 0. The lowest BCUT2D eigenvalue weighted by molar-refractivity contribution is 2.12. The van der Waals surface area contributed by atoms with Crippen LogP contribution in [0.1, 0.15) is 6.92 Å². The first-order valence-corrected chi connectivity index (χ1v) is 1.78. The fourth-order valence-electron chi connectivity index (χ4n) is 0. The monoisotopic (exact) mass is 109 g/mol. The van der Waals surface area contributed by atoms with Crippen molar-refractivity contribution in [3.8, 4) is 0 Å². The van der Waals surface area contributed by atoms with E-state index in [1.807, 2.05) is 0 Å². The molecule has 0 aliphatic heterocycles. The van der Waals surface area contributed by atoms with Crippen LogP contribution in [0, 0.1) is 0 Å². The summed E-state index contributed by atoms with van der Waals surface area (Å²) in [6.45, 7) is 1.76. The molecule has 0 saturated heterocycles. The molecule has 0 aromatic carbocycles. The first kappa shape index (κ1) is 9.04. The summed E-state index contributed by atoms with van der Waals surface area (Å²) in [6.07, 6.45) is 0. The van der Waals surface area contributed by atoms with Gasteiger partial charge in [0.1, 0.15) is 0 Å². The van der Waals surface area contributed by atoms with Crippen LogP contribution in [0.3, 0.4) is 0 Å². The van der Waals surface area contributed by atoms with Gasteiger partial charge in [0.2, 0.25) is 0 Å². The van der Waals surface area contributed by atoms with Gasteiger partial charge in [-0.25, -0.2) is 0 Å². The molecule has 0 amide bonds. The summed E-state index contributed by atoms with van der Waals surface area (Å²) in [5, 5.41) is 0. The summed E-state index contributed by atoms with van der Waals surface area (Å²) in [7, 11) is 0. The SMILES string of the molecule is CC(=S)S.N. The van der Waals surface area contributed by atoms with Gasteiger partial charge >= 0.3 is 0 Å². The van der Waals surface area contributed by atoms with Crippen LogP contribution in [0.4, 0.5) is 0 Å². The maximum atomic E-state index is 4.40. The van der Waals surface area contributed by atoms with Gasteiger partial charge in [0.15, 0.2) is 0 Å². The van der Waals surface area contributed by atoms with Gasteiger partial charge in [-0.2, -0.15) is 0 Å². The summed E-state index contributed by atoms with van der Waals surface area (Å²) < 4.78 is 0.694. The molecule has 0 saturated carbocycles. The second-order valence-corrected chi connectivity index (χ2v) is 2.10. The van der Waals surface area contributed by atoms with Gasteiger partial charge in [-0.1, -0.05) is 12.2 Å². The molecule has 32 valence electrons. The molecule has 0 rings (SSSR count). The van der Waals surface area contributed by atoms with Crippen molar-refractivity contribution in [2.75, 3.05) is 0 Å². The quantitative estimate of drug-likeness (QED) is 0.364. The van der Waals surface area contributed by atoms with Gasteiger partial charge in [-0.3, -0.25) is 0 Å². The lowest BCUT2D eigenvalue weighted by Gasteiger charge is -1.60. The number of hydrogen-bond acceptors (Lipinski definition) is 2. The van der Waals surface area contributed by atoms with Crippen molar-refractivity contribution < 1.29 is 0 Å². The molecule has 0 unspecified atom stereocenters. The Kier molecular flexibility index (Phi) is 7.96. The van der Waals surface area contributed by atoms with E-state index < -0.39 is 0 Å². The van der Waals surface area contributed by atoms with Gasteiger partial charge in [0.05, 0.1) is 0 Å². The molecular formula is C2H7NS2. The molecule has 0 atom stereocenters. The minimum Gasteiger partial charge on any atom is -0.344 e. The molecule has 0 aromatic rings. The Labute approximate surface area is 42.8 Å². The highest BCUT2D eigenvalue weighted by atomic mass is 32.1. The molecule has 5 heavy (non-hydrogen) atoms. The second kappa shape index (κ2) is 4.40. The fourth-order valence-corrected chi connectivity index (χ4v) is 0. The zero-order valence-electron chi connectivity index (χ0n) is 3.06.